The number of hydrogen-bond acceptors (Lipinski definition) is 6. The molecule has 1 aliphatic rings. The summed E-state index contributed by atoms with van der Waals surface area (Å²) >= 11 is 0. The SMILES string of the molecule is C(=C\c1ccc(Nc2ccc3c(c2)OCCOCCOCCOCCO3)cc1)/c1ccccc1. The zero-order valence-corrected chi connectivity index (χ0v) is 19.3. The van der Waals surface area contributed by atoms with Crippen LogP contribution in [0, 0.1) is 0 Å². The first-order chi connectivity index (χ1) is 16.9. The summed E-state index contributed by atoms with van der Waals surface area (Å²) in [5.41, 5.74) is 4.22. The Balaban J connectivity index is 1.39. The predicted octanol–water partition coefficient (Wildman–Crippen LogP) is 5.42. The van der Waals surface area contributed by atoms with Crippen molar-refractivity contribution in [3.05, 3.63) is 83.9 Å². The first-order valence-electron chi connectivity index (χ1n) is 11.6. The van der Waals surface area contributed by atoms with E-state index in [0.29, 0.717) is 64.4 Å². The molecule has 6 nitrogen and oxygen atoms in total. The molecule has 34 heavy (non-hydrogen) atoms. The highest BCUT2D eigenvalue weighted by Crippen LogP contribution is 2.32. The van der Waals surface area contributed by atoms with Gasteiger partial charge < -0.3 is 29.0 Å². The fraction of sp³-hybridized carbons (Fsp3) is 0.286. The topological polar surface area (TPSA) is 58.2 Å². The molecule has 6 heteroatoms. The zero-order valence-electron chi connectivity index (χ0n) is 19.3. The number of anilines is 2. The van der Waals surface area contributed by atoms with Gasteiger partial charge in [-0.2, -0.15) is 0 Å². The zero-order chi connectivity index (χ0) is 23.3. The lowest BCUT2D eigenvalue weighted by atomic mass is 10.1. The van der Waals surface area contributed by atoms with E-state index in [2.05, 4.69) is 53.9 Å². The van der Waals surface area contributed by atoms with Crippen LogP contribution in [0.1, 0.15) is 11.1 Å². The van der Waals surface area contributed by atoms with Gasteiger partial charge in [0.15, 0.2) is 11.5 Å². The molecule has 0 atom stereocenters. The first kappa shape index (κ1) is 23.8. The second kappa shape index (κ2) is 13.4. The van der Waals surface area contributed by atoms with Gasteiger partial charge in [0.05, 0.1) is 39.6 Å². The standard InChI is InChI=1S/C28H31NO5/c1-2-4-23(5-3-1)6-7-24-8-10-25(11-9-24)29-26-12-13-27-28(22-26)34-21-19-32-17-15-30-14-16-31-18-20-33-27/h1-13,22,29H,14-21H2/b7-6+. The lowest BCUT2D eigenvalue weighted by molar-refractivity contribution is 0.00708. The van der Waals surface area contributed by atoms with Gasteiger partial charge in [0.1, 0.15) is 13.2 Å². The van der Waals surface area contributed by atoms with E-state index in [-0.39, 0.29) is 0 Å². The van der Waals surface area contributed by atoms with Crippen molar-refractivity contribution in [3.63, 3.8) is 0 Å². The highest BCUT2D eigenvalue weighted by Gasteiger charge is 2.08. The number of rotatable bonds is 4. The second-order valence-electron chi connectivity index (χ2n) is 7.69. The quantitative estimate of drug-likeness (QED) is 0.524. The van der Waals surface area contributed by atoms with Crippen LogP contribution in [0.15, 0.2) is 72.8 Å². The third-order valence-corrected chi connectivity index (χ3v) is 5.13. The van der Waals surface area contributed by atoms with Gasteiger partial charge in [-0.05, 0) is 35.4 Å². The van der Waals surface area contributed by atoms with E-state index < -0.39 is 0 Å². The molecule has 1 heterocycles. The molecule has 0 saturated carbocycles. The van der Waals surface area contributed by atoms with Crippen molar-refractivity contribution in [2.75, 3.05) is 58.2 Å². The molecule has 1 aliphatic heterocycles. The molecule has 1 N–H and O–H groups in total. The molecular weight excluding hydrogens is 430 g/mol. The van der Waals surface area contributed by atoms with Crippen molar-refractivity contribution >= 4 is 23.5 Å². The van der Waals surface area contributed by atoms with Gasteiger partial charge in [0.25, 0.3) is 0 Å². The Labute approximate surface area is 201 Å². The van der Waals surface area contributed by atoms with E-state index in [1.54, 1.807) is 0 Å². The smallest absolute Gasteiger partial charge is 0.163 e. The Morgan fingerprint density at radius 3 is 1.68 bits per heavy atom. The summed E-state index contributed by atoms with van der Waals surface area (Å²) in [5.74, 6) is 1.35. The summed E-state index contributed by atoms with van der Waals surface area (Å²) in [5, 5.41) is 3.44. The highest BCUT2D eigenvalue weighted by molar-refractivity contribution is 5.71. The van der Waals surface area contributed by atoms with Crippen LogP contribution in [0.5, 0.6) is 11.5 Å². The molecule has 0 fully saturated rings. The number of hydrogen-bond donors (Lipinski definition) is 1. The van der Waals surface area contributed by atoms with Gasteiger partial charge in [-0.15, -0.1) is 0 Å². The van der Waals surface area contributed by atoms with Gasteiger partial charge >= 0.3 is 0 Å². The monoisotopic (exact) mass is 461 g/mol. The van der Waals surface area contributed by atoms with Gasteiger partial charge in [0, 0.05) is 17.4 Å². The molecule has 0 aliphatic carbocycles. The second-order valence-corrected chi connectivity index (χ2v) is 7.69. The molecule has 4 rings (SSSR count). The fourth-order valence-electron chi connectivity index (χ4n) is 3.38. The van der Waals surface area contributed by atoms with Gasteiger partial charge in [-0.1, -0.05) is 54.6 Å². The number of ether oxygens (including phenoxy) is 5. The fourth-order valence-corrected chi connectivity index (χ4v) is 3.38. The predicted molar refractivity (Wildman–Crippen MR) is 135 cm³/mol. The van der Waals surface area contributed by atoms with Gasteiger partial charge in [0.2, 0.25) is 0 Å². The van der Waals surface area contributed by atoms with E-state index in [1.165, 1.54) is 5.56 Å². The molecular formula is C28H31NO5. The molecule has 0 aromatic heterocycles. The van der Waals surface area contributed by atoms with Crippen LogP contribution in [-0.2, 0) is 14.2 Å². The number of fused-ring (bicyclic) bond motifs is 1. The van der Waals surface area contributed by atoms with E-state index in [1.807, 2.05) is 36.4 Å². The summed E-state index contributed by atoms with van der Waals surface area (Å²) in [6, 6.07) is 24.4. The van der Waals surface area contributed by atoms with Crippen LogP contribution in [0.25, 0.3) is 12.2 Å². The minimum atomic E-state index is 0.429. The molecule has 0 amide bonds. The Bertz CT molecular complexity index is 1020. The Morgan fingerprint density at radius 2 is 1.03 bits per heavy atom. The molecule has 0 radical (unpaired) electrons. The summed E-state index contributed by atoms with van der Waals surface area (Å²) in [6.45, 7) is 4.01. The first-order valence-corrected chi connectivity index (χ1v) is 11.6. The summed E-state index contributed by atoms with van der Waals surface area (Å²) in [6.07, 6.45) is 4.22. The van der Waals surface area contributed by atoms with E-state index in [0.717, 1.165) is 16.9 Å². The van der Waals surface area contributed by atoms with Crippen LogP contribution in [0.2, 0.25) is 0 Å². The average molecular weight is 462 g/mol. The van der Waals surface area contributed by atoms with Crippen LogP contribution >= 0.6 is 0 Å². The maximum atomic E-state index is 5.95. The summed E-state index contributed by atoms with van der Waals surface area (Å²) < 4.78 is 28.4. The normalized spacial score (nSPS) is 15.9. The van der Waals surface area contributed by atoms with Crippen molar-refractivity contribution in [1.29, 1.82) is 0 Å². The van der Waals surface area contributed by atoms with Crippen molar-refractivity contribution in [2.45, 2.75) is 0 Å². The molecule has 0 unspecified atom stereocenters. The van der Waals surface area contributed by atoms with Crippen LogP contribution in [0.3, 0.4) is 0 Å². The van der Waals surface area contributed by atoms with Crippen LogP contribution in [0.4, 0.5) is 11.4 Å². The van der Waals surface area contributed by atoms with Gasteiger partial charge in [-0.3, -0.25) is 0 Å². The number of benzene rings is 3. The maximum Gasteiger partial charge on any atom is 0.163 e. The Kier molecular flexibility index (Phi) is 9.39. The average Bonchev–Trinajstić information content (AvgIpc) is 2.88. The molecule has 0 spiro atoms. The summed E-state index contributed by atoms with van der Waals surface area (Å²) in [4.78, 5) is 0. The lowest BCUT2D eigenvalue weighted by Gasteiger charge is -2.15. The van der Waals surface area contributed by atoms with Crippen LogP contribution < -0.4 is 14.8 Å². The minimum absolute atomic E-state index is 0.429. The third kappa shape index (κ3) is 7.92. The minimum Gasteiger partial charge on any atom is -0.487 e. The van der Waals surface area contributed by atoms with E-state index in [9.17, 15) is 0 Å². The molecule has 3 aromatic carbocycles. The van der Waals surface area contributed by atoms with E-state index >= 15 is 0 Å². The maximum absolute atomic E-state index is 5.95. The summed E-state index contributed by atoms with van der Waals surface area (Å²) in [7, 11) is 0. The van der Waals surface area contributed by atoms with Crippen molar-refractivity contribution in [3.8, 4) is 11.5 Å². The number of nitrogens with one attached hydrogen (secondary N) is 1. The Hall–Kier alpha value is -3.32. The molecule has 0 bridgehead atoms. The molecule has 0 saturated heterocycles. The third-order valence-electron chi connectivity index (χ3n) is 5.13. The van der Waals surface area contributed by atoms with Crippen LogP contribution in [-0.4, -0.2) is 52.9 Å². The van der Waals surface area contributed by atoms with Crippen molar-refractivity contribution in [1.82, 2.24) is 0 Å². The lowest BCUT2D eigenvalue weighted by Crippen LogP contribution is -2.13. The largest absolute Gasteiger partial charge is 0.487 e. The van der Waals surface area contributed by atoms with Gasteiger partial charge in [-0.25, -0.2) is 0 Å². The molecule has 178 valence electrons. The molecule has 3 aromatic rings. The Morgan fingerprint density at radius 1 is 0.500 bits per heavy atom. The van der Waals surface area contributed by atoms with E-state index in [4.69, 9.17) is 23.7 Å². The van der Waals surface area contributed by atoms with Crippen molar-refractivity contribution in [2.24, 2.45) is 0 Å². The highest BCUT2D eigenvalue weighted by atomic mass is 16.6. The van der Waals surface area contributed by atoms with Crippen molar-refractivity contribution < 1.29 is 23.7 Å².